The van der Waals surface area contributed by atoms with Crippen LogP contribution in [0.5, 0.6) is 0 Å². The third-order valence-electron chi connectivity index (χ3n) is 1.93. The molecule has 1 atom stereocenters. The van der Waals surface area contributed by atoms with Crippen molar-refractivity contribution in [1.82, 2.24) is 10.2 Å². The fourth-order valence-electron chi connectivity index (χ4n) is 1.34. The molecule has 2 heterocycles. The Kier molecular flexibility index (Phi) is 2.74. The first-order valence-corrected chi connectivity index (χ1v) is 5.30. The quantitative estimate of drug-likeness (QED) is 0.805. The number of amides is 1. The summed E-state index contributed by atoms with van der Waals surface area (Å²) < 4.78 is 5.45. The summed E-state index contributed by atoms with van der Waals surface area (Å²) in [5, 5.41) is 11.8. The minimum atomic E-state index is -0.125. The molecule has 1 aliphatic rings. The first-order chi connectivity index (χ1) is 6.75. The van der Waals surface area contributed by atoms with E-state index < -0.39 is 0 Å². The van der Waals surface area contributed by atoms with Crippen molar-refractivity contribution in [2.45, 2.75) is 25.9 Å². The van der Waals surface area contributed by atoms with Crippen LogP contribution in [-0.2, 0) is 9.53 Å². The van der Waals surface area contributed by atoms with Gasteiger partial charge < -0.3 is 10.1 Å². The van der Waals surface area contributed by atoms with Gasteiger partial charge in [0.2, 0.25) is 11.0 Å². The van der Waals surface area contributed by atoms with Crippen molar-refractivity contribution in [2.24, 2.45) is 0 Å². The van der Waals surface area contributed by atoms with E-state index in [-0.39, 0.29) is 12.0 Å². The van der Waals surface area contributed by atoms with Gasteiger partial charge in [0.25, 0.3) is 0 Å². The summed E-state index contributed by atoms with van der Waals surface area (Å²) in [5.41, 5.74) is 0. The SMILES string of the molecule is CC(=O)Nc1nnc([C@@H]2CCCO2)s1. The zero-order chi connectivity index (χ0) is 9.97. The topological polar surface area (TPSA) is 64.1 Å². The van der Waals surface area contributed by atoms with Gasteiger partial charge in [0, 0.05) is 13.5 Å². The summed E-state index contributed by atoms with van der Waals surface area (Å²) in [5.74, 6) is -0.125. The molecule has 0 unspecified atom stereocenters. The fraction of sp³-hybridized carbons (Fsp3) is 0.625. The van der Waals surface area contributed by atoms with Crippen LogP contribution in [-0.4, -0.2) is 22.7 Å². The number of hydrogen-bond acceptors (Lipinski definition) is 5. The van der Waals surface area contributed by atoms with Crippen LogP contribution >= 0.6 is 11.3 Å². The molecule has 1 N–H and O–H groups in total. The van der Waals surface area contributed by atoms with Crippen molar-refractivity contribution >= 4 is 22.4 Å². The van der Waals surface area contributed by atoms with E-state index in [0.717, 1.165) is 24.5 Å². The molecule has 0 saturated carbocycles. The molecule has 6 heteroatoms. The summed E-state index contributed by atoms with van der Waals surface area (Å²) in [7, 11) is 0. The number of nitrogens with zero attached hydrogens (tertiary/aromatic N) is 2. The van der Waals surface area contributed by atoms with Gasteiger partial charge in [-0.25, -0.2) is 0 Å². The lowest BCUT2D eigenvalue weighted by molar-refractivity contribution is -0.114. The number of ether oxygens (including phenoxy) is 1. The van der Waals surface area contributed by atoms with Crippen molar-refractivity contribution < 1.29 is 9.53 Å². The summed E-state index contributed by atoms with van der Waals surface area (Å²) in [6, 6.07) is 0. The van der Waals surface area contributed by atoms with Crippen LogP contribution in [0.4, 0.5) is 5.13 Å². The lowest BCUT2D eigenvalue weighted by Crippen LogP contribution is -2.04. The highest BCUT2D eigenvalue weighted by Gasteiger charge is 2.21. The molecule has 1 aromatic rings. The van der Waals surface area contributed by atoms with Gasteiger partial charge >= 0.3 is 0 Å². The number of nitrogens with one attached hydrogen (secondary N) is 1. The minimum absolute atomic E-state index is 0.0787. The summed E-state index contributed by atoms with van der Waals surface area (Å²) >= 11 is 1.38. The fourth-order valence-corrected chi connectivity index (χ4v) is 2.21. The molecular formula is C8H11N3O2S. The standard InChI is InChI=1S/C8H11N3O2S/c1-5(12)9-8-11-10-7(14-8)6-3-2-4-13-6/h6H,2-4H2,1H3,(H,9,11,12)/t6-/m0/s1. The largest absolute Gasteiger partial charge is 0.371 e. The lowest BCUT2D eigenvalue weighted by atomic mass is 10.2. The molecule has 1 fully saturated rings. The number of carbonyl (C=O) groups excluding carboxylic acids is 1. The van der Waals surface area contributed by atoms with E-state index in [2.05, 4.69) is 15.5 Å². The van der Waals surface area contributed by atoms with E-state index in [1.54, 1.807) is 0 Å². The maximum absolute atomic E-state index is 10.7. The Balaban J connectivity index is 2.05. The number of rotatable bonds is 2. The Labute approximate surface area is 85.5 Å². The van der Waals surface area contributed by atoms with Crippen LogP contribution in [0.2, 0.25) is 0 Å². The second kappa shape index (κ2) is 4.02. The van der Waals surface area contributed by atoms with Crippen LogP contribution in [0.25, 0.3) is 0 Å². The maximum atomic E-state index is 10.7. The smallest absolute Gasteiger partial charge is 0.223 e. The zero-order valence-corrected chi connectivity index (χ0v) is 8.63. The van der Waals surface area contributed by atoms with Gasteiger partial charge in [-0.1, -0.05) is 11.3 Å². The van der Waals surface area contributed by atoms with Crippen molar-refractivity contribution in [3.63, 3.8) is 0 Å². The highest BCUT2D eigenvalue weighted by atomic mass is 32.1. The molecule has 1 aromatic heterocycles. The van der Waals surface area contributed by atoms with Gasteiger partial charge in [0.05, 0.1) is 0 Å². The molecule has 1 saturated heterocycles. The first-order valence-electron chi connectivity index (χ1n) is 4.48. The van der Waals surface area contributed by atoms with Gasteiger partial charge in [-0.2, -0.15) is 0 Å². The van der Waals surface area contributed by atoms with Crippen molar-refractivity contribution in [3.05, 3.63) is 5.01 Å². The van der Waals surface area contributed by atoms with Crippen LogP contribution in [0.1, 0.15) is 30.9 Å². The Bertz CT molecular complexity index is 333. The highest BCUT2D eigenvalue weighted by molar-refractivity contribution is 7.15. The third kappa shape index (κ3) is 2.08. The number of carbonyl (C=O) groups is 1. The van der Waals surface area contributed by atoms with E-state index in [1.165, 1.54) is 18.3 Å². The minimum Gasteiger partial charge on any atom is -0.371 e. The van der Waals surface area contributed by atoms with Crippen molar-refractivity contribution in [1.29, 1.82) is 0 Å². The van der Waals surface area contributed by atoms with E-state index in [0.29, 0.717) is 5.13 Å². The second-order valence-electron chi connectivity index (χ2n) is 3.13. The predicted octanol–water partition coefficient (Wildman–Crippen LogP) is 1.35. The van der Waals surface area contributed by atoms with E-state index >= 15 is 0 Å². The predicted molar refractivity (Wildman–Crippen MR) is 52.1 cm³/mol. The van der Waals surface area contributed by atoms with Gasteiger partial charge in [-0.3, -0.25) is 4.79 Å². The van der Waals surface area contributed by atoms with Gasteiger partial charge in [0.1, 0.15) is 11.1 Å². The molecule has 1 amide bonds. The van der Waals surface area contributed by atoms with Gasteiger partial charge in [-0.05, 0) is 12.8 Å². The number of anilines is 1. The van der Waals surface area contributed by atoms with Crippen molar-refractivity contribution in [2.75, 3.05) is 11.9 Å². The summed E-state index contributed by atoms with van der Waals surface area (Å²) in [6.45, 7) is 2.24. The van der Waals surface area contributed by atoms with Crippen LogP contribution < -0.4 is 5.32 Å². The monoisotopic (exact) mass is 213 g/mol. The molecular weight excluding hydrogens is 202 g/mol. The molecule has 14 heavy (non-hydrogen) atoms. The Morgan fingerprint density at radius 3 is 3.14 bits per heavy atom. The lowest BCUT2D eigenvalue weighted by Gasteiger charge is -2.01. The Morgan fingerprint density at radius 2 is 2.50 bits per heavy atom. The molecule has 0 radical (unpaired) electrons. The van der Waals surface area contributed by atoms with Crippen LogP contribution in [0, 0.1) is 0 Å². The summed E-state index contributed by atoms with van der Waals surface area (Å²) in [6.07, 6.45) is 2.14. The normalized spacial score (nSPS) is 21.1. The Hall–Kier alpha value is -1.01. The third-order valence-corrected chi connectivity index (χ3v) is 2.86. The molecule has 0 aromatic carbocycles. The average Bonchev–Trinajstić information content (AvgIpc) is 2.69. The average molecular weight is 213 g/mol. The number of aromatic nitrogens is 2. The summed E-state index contributed by atoms with van der Waals surface area (Å²) in [4.78, 5) is 10.7. The first kappa shape index (κ1) is 9.54. The van der Waals surface area contributed by atoms with Crippen molar-refractivity contribution in [3.8, 4) is 0 Å². The van der Waals surface area contributed by atoms with Crippen LogP contribution in [0.15, 0.2) is 0 Å². The maximum Gasteiger partial charge on any atom is 0.223 e. The molecule has 0 aliphatic carbocycles. The van der Waals surface area contributed by atoms with Gasteiger partial charge in [-0.15, -0.1) is 10.2 Å². The molecule has 2 rings (SSSR count). The molecule has 76 valence electrons. The highest BCUT2D eigenvalue weighted by Crippen LogP contribution is 2.31. The van der Waals surface area contributed by atoms with Crippen LogP contribution in [0.3, 0.4) is 0 Å². The van der Waals surface area contributed by atoms with Gasteiger partial charge in [0.15, 0.2) is 0 Å². The molecule has 0 spiro atoms. The molecule has 5 nitrogen and oxygen atoms in total. The van der Waals surface area contributed by atoms with E-state index in [1.807, 2.05) is 0 Å². The molecule has 1 aliphatic heterocycles. The van der Waals surface area contributed by atoms with E-state index in [4.69, 9.17) is 4.74 Å². The molecule has 0 bridgehead atoms. The number of hydrogen-bond donors (Lipinski definition) is 1. The van der Waals surface area contributed by atoms with E-state index in [9.17, 15) is 4.79 Å². The Morgan fingerprint density at radius 1 is 1.64 bits per heavy atom. The second-order valence-corrected chi connectivity index (χ2v) is 4.14. The zero-order valence-electron chi connectivity index (χ0n) is 7.82.